The third-order valence-corrected chi connectivity index (χ3v) is 7.14. The minimum atomic E-state index is -3.52. The molecule has 6 nitrogen and oxygen atoms in total. The number of hydrogen-bond acceptors (Lipinski definition) is 4. The summed E-state index contributed by atoms with van der Waals surface area (Å²) in [6, 6.07) is 13.8. The predicted octanol–water partition coefficient (Wildman–Crippen LogP) is 5.36. The van der Waals surface area contributed by atoms with Gasteiger partial charge in [0.2, 0.25) is 10.0 Å². The summed E-state index contributed by atoms with van der Waals surface area (Å²) in [7, 11) is -3.52. The summed E-state index contributed by atoms with van der Waals surface area (Å²) in [6.07, 6.45) is 1.63. The minimum Gasteiger partial charge on any atom is -0.464 e. The first kappa shape index (κ1) is 21.6. The molecule has 1 amide bonds. The zero-order valence-corrected chi connectivity index (χ0v) is 18.6. The van der Waals surface area contributed by atoms with Gasteiger partial charge in [-0.1, -0.05) is 0 Å². The number of sulfonamides is 1. The molecule has 2 aromatic carbocycles. The topological polar surface area (TPSA) is 88.4 Å². The normalized spacial score (nSPS) is 11.9. The van der Waals surface area contributed by atoms with Crippen molar-refractivity contribution in [2.24, 2.45) is 0 Å². The Bertz CT molecular complexity index is 1160. The van der Waals surface area contributed by atoms with E-state index in [9.17, 15) is 13.2 Å². The Kier molecular flexibility index (Phi) is 5.76. The van der Waals surface area contributed by atoms with Crippen LogP contribution in [0.2, 0.25) is 0 Å². The molecule has 0 aliphatic heterocycles. The Hall–Kier alpha value is -3.06. The number of hydrogen-bond donors (Lipinski definition) is 2. The summed E-state index contributed by atoms with van der Waals surface area (Å²) in [5.41, 5.74) is 4.51. The first-order valence-corrected chi connectivity index (χ1v) is 11.1. The molecule has 0 spiro atoms. The van der Waals surface area contributed by atoms with Gasteiger partial charge in [-0.25, -0.2) is 8.42 Å². The second-order valence-electron chi connectivity index (χ2n) is 8.14. The Morgan fingerprint density at radius 1 is 0.933 bits per heavy atom. The third-order valence-electron chi connectivity index (χ3n) is 5.03. The SMILES string of the molecule is Cc1c(NC(=O)c2ccc(NS(=O)(=O)C(C)(C)C)cc2)ccc(-c2ccco2)c1C. The molecule has 0 atom stereocenters. The van der Waals surface area contributed by atoms with Gasteiger partial charge in [0.1, 0.15) is 5.76 Å². The summed E-state index contributed by atoms with van der Waals surface area (Å²) >= 11 is 0. The van der Waals surface area contributed by atoms with E-state index in [-0.39, 0.29) is 5.91 Å². The molecular formula is C23H26N2O4S. The van der Waals surface area contributed by atoms with Gasteiger partial charge in [0.05, 0.1) is 11.0 Å². The molecule has 158 valence electrons. The van der Waals surface area contributed by atoms with Gasteiger partial charge in [-0.05, 0) is 94.3 Å². The highest BCUT2D eigenvalue weighted by molar-refractivity contribution is 7.94. The number of rotatable bonds is 5. The van der Waals surface area contributed by atoms with Crippen LogP contribution < -0.4 is 10.0 Å². The molecule has 1 heterocycles. The number of amides is 1. The number of furan rings is 1. The molecule has 0 radical (unpaired) electrons. The molecule has 0 fully saturated rings. The summed E-state index contributed by atoms with van der Waals surface area (Å²) in [4.78, 5) is 12.7. The van der Waals surface area contributed by atoms with Crippen molar-refractivity contribution in [1.29, 1.82) is 0 Å². The second kappa shape index (κ2) is 7.99. The molecule has 30 heavy (non-hydrogen) atoms. The highest BCUT2D eigenvalue weighted by atomic mass is 32.2. The largest absolute Gasteiger partial charge is 0.464 e. The van der Waals surface area contributed by atoms with Crippen LogP contribution in [0.3, 0.4) is 0 Å². The highest BCUT2D eigenvalue weighted by Crippen LogP contribution is 2.30. The Morgan fingerprint density at radius 2 is 1.60 bits per heavy atom. The summed E-state index contributed by atoms with van der Waals surface area (Å²) in [5, 5.41) is 2.92. The molecule has 0 aliphatic carbocycles. The predicted molar refractivity (Wildman–Crippen MR) is 120 cm³/mol. The van der Waals surface area contributed by atoms with Gasteiger partial charge >= 0.3 is 0 Å². The molecule has 0 unspecified atom stereocenters. The fraction of sp³-hybridized carbons (Fsp3) is 0.261. The lowest BCUT2D eigenvalue weighted by Crippen LogP contribution is -2.33. The van der Waals surface area contributed by atoms with Crippen LogP contribution in [0.5, 0.6) is 0 Å². The van der Waals surface area contributed by atoms with E-state index in [1.165, 1.54) is 0 Å². The van der Waals surface area contributed by atoms with E-state index in [1.54, 1.807) is 51.3 Å². The first-order chi connectivity index (χ1) is 14.0. The maximum absolute atomic E-state index is 12.7. The van der Waals surface area contributed by atoms with E-state index in [2.05, 4.69) is 10.0 Å². The van der Waals surface area contributed by atoms with Crippen molar-refractivity contribution in [2.45, 2.75) is 39.4 Å². The number of benzene rings is 2. The van der Waals surface area contributed by atoms with Crippen LogP contribution in [-0.4, -0.2) is 19.1 Å². The van der Waals surface area contributed by atoms with Crippen molar-refractivity contribution < 1.29 is 17.6 Å². The zero-order chi connectivity index (χ0) is 22.1. The summed E-state index contributed by atoms with van der Waals surface area (Å²) in [5.74, 6) is 0.509. The Morgan fingerprint density at radius 3 is 2.17 bits per heavy atom. The number of nitrogens with one attached hydrogen (secondary N) is 2. The Balaban J connectivity index is 1.76. The average Bonchev–Trinajstić information content (AvgIpc) is 3.19. The van der Waals surface area contributed by atoms with E-state index in [0.29, 0.717) is 16.9 Å². The van der Waals surface area contributed by atoms with Gasteiger partial charge in [0.15, 0.2) is 0 Å². The summed E-state index contributed by atoms with van der Waals surface area (Å²) in [6.45, 7) is 8.80. The smallest absolute Gasteiger partial charge is 0.255 e. The molecule has 0 saturated carbocycles. The van der Waals surface area contributed by atoms with Crippen molar-refractivity contribution in [3.05, 3.63) is 71.5 Å². The Labute approximate surface area is 177 Å². The van der Waals surface area contributed by atoms with E-state index in [0.717, 1.165) is 22.5 Å². The first-order valence-electron chi connectivity index (χ1n) is 9.57. The molecule has 1 aromatic heterocycles. The van der Waals surface area contributed by atoms with Gasteiger partial charge in [0, 0.05) is 22.5 Å². The van der Waals surface area contributed by atoms with E-state index in [1.807, 2.05) is 38.1 Å². The monoisotopic (exact) mass is 426 g/mol. The molecule has 2 N–H and O–H groups in total. The molecule has 3 aromatic rings. The van der Waals surface area contributed by atoms with Crippen molar-refractivity contribution in [3.63, 3.8) is 0 Å². The lowest BCUT2D eigenvalue weighted by atomic mass is 9.99. The molecule has 0 saturated heterocycles. The van der Waals surface area contributed by atoms with Gasteiger partial charge in [-0.3, -0.25) is 9.52 Å². The molecule has 7 heteroatoms. The van der Waals surface area contributed by atoms with Crippen molar-refractivity contribution in [1.82, 2.24) is 0 Å². The molecule has 0 aliphatic rings. The van der Waals surface area contributed by atoms with Crippen LogP contribution in [0.1, 0.15) is 42.3 Å². The molecular weight excluding hydrogens is 400 g/mol. The van der Waals surface area contributed by atoms with Crippen LogP contribution >= 0.6 is 0 Å². The maximum atomic E-state index is 12.7. The lowest BCUT2D eigenvalue weighted by Gasteiger charge is -2.20. The quantitative estimate of drug-likeness (QED) is 0.575. The second-order valence-corrected chi connectivity index (χ2v) is 10.6. The van der Waals surface area contributed by atoms with Crippen LogP contribution in [0.25, 0.3) is 11.3 Å². The number of anilines is 2. The number of carbonyl (C=O) groups is 1. The maximum Gasteiger partial charge on any atom is 0.255 e. The van der Waals surface area contributed by atoms with E-state index in [4.69, 9.17) is 4.42 Å². The van der Waals surface area contributed by atoms with Gasteiger partial charge < -0.3 is 9.73 Å². The fourth-order valence-corrected chi connectivity index (χ4v) is 3.60. The number of carbonyl (C=O) groups excluding carboxylic acids is 1. The van der Waals surface area contributed by atoms with Crippen molar-refractivity contribution in [3.8, 4) is 11.3 Å². The highest BCUT2D eigenvalue weighted by Gasteiger charge is 2.28. The standard InChI is InChI=1S/C23H26N2O4S/c1-15-16(2)20(13-12-19(15)21-7-6-14-29-21)24-22(26)17-8-10-18(11-9-17)25-30(27,28)23(3,4)5/h6-14,25H,1-5H3,(H,24,26). The average molecular weight is 427 g/mol. The van der Waals surface area contributed by atoms with Crippen LogP contribution in [0, 0.1) is 13.8 Å². The minimum absolute atomic E-state index is 0.270. The van der Waals surface area contributed by atoms with E-state index >= 15 is 0 Å². The van der Waals surface area contributed by atoms with Crippen LogP contribution in [0.4, 0.5) is 11.4 Å². The van der Waals surface area contributed by atoms with Crippen LogP contribution in [-0.2, 0) is 10.0 Å². The third kappa shape index (κ3) is 4.41. The van der Waals surface area contributed by atoms with Gasteiger partial charge in [-0.15, -0.1) is 0 Å². The van der Waals surface area contributed by atoms with Gasteiger partial charge in [0.25, 0.3) is 5.91 Å². The molecule has 0 bridgehead atoms. The van der Waals surface area contributed by atoms with Crippen molar-refractivity contribution in [2.75, 3.05) is 10.0 Å². The fourth-order valence-electron chi connectivity index (χ4n) is 2.85. The lowest BCUT2D eigenvalue weighted by molar-refractivity contribution is 0.102. The zero-order valence-electron chi connectivity index (χ0n) is 17.7. The van der Waals surface area contributed by atoms with Crippen molar-refractivity contribution >= 4 is 27.3 Å². The molecule has 3 rings (SSSR count). The van der Waals surface area contributed by atoms with E-state index < -0.39 is 14.8 Å². The van der Waals surface area contributed by atoms with Gasteiger partial charge in [-0.2, -0.15) is 0 Å². The van der Waals surface area contributed by atoms with Crippen LogP contribution in [0.15, 0.2) is 59.2 Å². The summed E-state index contributed by atoms with van der Waals surface area (Å²) < 4.78 is 31.6.